The summed E-state index contributed by atoms with van der Waals surface area (Å²) in [7, 11) is 0. The van der Waals surface area contributed by atoms with Crippen molar-refractivity contribution in [3.8, 4) is 11.1 Å². The maximum absolute atomic E-state index is 13.5. The zero-order chi connectivity index (χ0) is 20.7. The van der Waals surface area contributed by atoms with E-state index >= 15 is 0 Å². The highest BCUT2D eigenvalue weighted by Crippen LogP contribution is 2.42. The Balaban J connectivity index is 1.54. The molecule has 0 saturated carbocycles. The Morgan fingerprint density at radius 2 is 1.70 bits per heavy atom. The van der Waals surface area contributed by atoms with Gasteiger partial charge in [0.05, 0.1) is 5.39 Å². The van der Waals surface area contributed by atoms with Crippen LogP contribution in [-0.2, 0) is 0 Å². The summed E-state index contributed by atoms with van der Waals surface area (Å²) in [5, 5.41) is 1.23. The molecule has 3 aromatic heterocycles. The number of hydrogen-bond donors (Lipinski definition) is 0. The van der Waals surface area contributed by atoms with Crippen LogP contribution in [0.25, 0.3) is 21.3 Å². The highest BCUT2D eigenvalue weighted by Gasteiger charge is 2.25. The Hall–Kier alpha value is -2.77. The molecule has 1 saturated heterocycles. The maximum Gasteiger partial charge on any atom is 0.225 e. The molecule has 8 heteroatoms. The maximum atomic E-state index is 13.5. The van der Waals surface area contributed by atoms with Crippen LogP contribution >= 0.6 is 22.9 Å². The van der Waals surface area contributed by atoms with E-state index in [0.717, 1.165) is 64.0 Å². The number of pyridine rings is 1. The third-order valence-electron chi connectivity index (χ3n) is 5.37. The smallest absolute Gasteiger partial charge is 0.225 e. The highest BCUT2D eigenvalue weighted by atomic mass is 35.5. The van der Waals surface area contributed by atoms with Gasteiger partial charge in [-0.05, 0) is 48.4 Å². The molecule has 0 amide bonds. The zero-order valence-corrected chi connectivity index (χ0v) is 17.9. The van der Waals surface area contributed by atoms with Gasteiger partial charge in [-0.1, -0.05) is 18.2 Å². The molecule has 5 nitrogen and oxygen atoms in total. The summed E-state index contributed by atoms with van der Waals surface area (Å²) in [4.78, 5) is 20.0. The van der Waals surface area contributed by atoms with Crippen LogP contribution in [0.1, 0.15) is 4.88 Å². The molecular formula is C22H19ClFN5S. The molecule has 0 aliphatic carbocycles. The molecular weight excluding hydrogens is 421 g/mol. The lowest BCUT2D eigenvalue weighted by atomic mass is 10.0. The second kappa shape index (κ2) is 7.81. The normalized spacial score (nSPS) is 14.5. The topological polar surface area (TPSA) is 45.2 Å². The van der Waals surface area contributed by atoms with Crippen molar-refractivity contribution >= 4 is 44.8 Å². The minimum absolute atomic E-state index is 0.247. The molecule has 4 aromatic rings. The van der Waals surface area contributed by atoms with E-state index in [2.05, 4.69) is 31.7 Å². The van der Waals surface area contributed by atoms with E-state index in [1.165, 1.54) is 12.1 Å². The number of nitrogens with zero attached hydrogens (tertiary/aromatic N) is 5. The fraction of sp³-hybridized carbons (Fsp3) is 0.227. The Labute approximate surface area is 182 Å². The van der Waals surface area contributed by atoms with Crippen LogP contribution in [0.3, 0.4) is 0 Å². The average molecular weight is 440 g/mol. The second-order valence-electron chi connectivity index (χ2n) is 7.20. The lowest BCUT2D eigenvalue weighted by Crippen LogP contribution is -2.47. The molecule has 0 radical (unpaired) electrons. The predicted octanol–water partition coefficient (Wildman–Crippen LogP) is 5.18. The zero-order valence-electron chi connectivity index (χ0n) is 16.3. The van der Waals surface area contributed by atoms with Gasteiger partial charge in [0.2, 0.25) is 5.28 Å². The largest absolute Gasteiger partial charge is 0.353 e. The molecule has 5 rings (SSSR count). The van der Waals surface area contributed by atoms with Crippen molar-refractivity contribution < 1.29 is 4.39 Å². The third kappa shape index (κ3) is 3.48. The van der Waals surface area contributed by atoms with Crippen molar-refractivity contribution in [1.82, 2.24) is 15.0 Å². The number of aryl methyl sites for hydroxylation is 1. The molecule has 0 atom stereocenters. The van der Waals surface area contributed by atoms with Gasteiger partial charge in [0.25, 0.3) is 0 Å². The first kappa shape index (κ1) is 19.2. The van der Waals surface area contributed by atoms with Gasteiger partial charge in [-0.15, -0.1) is 11.3 Å². The molecule has 0 bridgehead atoms. The Morgan fingerprint density at radius 3 is 2.40 bits per heavy atom. The number of fused-ring (bicyclic) bond motifs is 1. The number of benzene rings is 1. The molecule has 0 spiro atoms. The van der Waals surface area contributed by atoms with E-state index in [0.29, 0.717) is 0 Å². The minimum Gasteiger partial charge on any atom is -0.353 e. The van der Waals surface area contributed by atoms with Gasteiger partial charge >= 0.3 is 0 Å². The van der Waals surface area contributed by atoms with Gasteiger partial charge in [0.15, 0.2) is 0 Å². The van der Waals surface area contributed by atoms with Crippen LogP contribution in [0.2, 0.25) is 5.28 Å². The summed E-state index contributed by atoms with van der Waals surface area (Å²) in [6.07, 6.45) is 1.82. The van der Waals surface area contributed by atoms with Crippen LogP contribution in [0, 0.1) is 12.7 Å². The van der Waals surface area contributed by atoms with Crippen molar-refractivity contribution in [2.45, 2.75) is 6.92 Å². The van der Waals surface area contributed by atoms with Crippen molar-refractivity contribution in [3.63, 3.8) is 0 Å². The van der Waals surface area contributed by atoms with Gasteiger partial charge in [0, 0.05) is 42.8 Å². The Morgan fingerprint density at radius 1 is 0.967 bits per heavy atom. The first-order valence-electron chi connectivity index (χ1n) is 9.73. The monoisotopic (exact) mass is 439 g/mol. The molecule has 1 aromatic carbocycles. The SMILES string of the molecule is Cc1sc2nc(Cl)nc(N3CCN(c4ccccn4)CC3)c2c1-c1ccc(F)cc1. The lowest BCUT2D eigenvalue weighted by molar-refractivity contribution is 0.628. The molecule has 0 N–H and O–H groups in total. The van der Waals surface area contributed by atoms with Gasteiger partial charge in [-0.25, -0.2) is 14.4 Å². The number of aromatic nitrogens is 3. The van der Waals surface area contributed by atoms with Crippen molar-refractivity contribution in [1.29, 1.82) is 0 Å². The number of anilines is 2. The second-order valence-corrected chi connectivity index (χ2v) is 8.74. The summed E-state index contributed by atoms with van der Waals surface area (Å²) in [5.74, 6) is 1.58. The van der Waals surface area contributed by atoms with Crippen LogP contribution in [0.4, 0.5) is 16.0 Å². The number of hydrogen-bond acceptors (Lipinski definition) is 6. The van der Waals surface area contributed by atoms with Crippen molar-refractivity contribution in [3.05, 3.63) is 64.6 Å². The number of thiophene rings is 1. The van der Waals surface area contributed by atoms with Crippen molar-refractivity contribution in [2.24, 2.45) is 0 Å². The minimum atomic E-state index is -0.249. The molecule has 152 valence electrons. The van der Waals surface area contributed by atoms with E-state index in [1.807, 2.05) is 24.4 Å². The van der Waals surface area contributed by atoms with E-state index in [9.17, 15) is 4.39 Å². The molecule has 0 unspecified atom stereocenters. The Bertz CT molecular complexity index is 1190. The fourth-order valence-corrected chi connectivity index (χ4v) is 5.20. The van der Waals surface area contributed by atoms with Gasteiger partial charge in [0.1, 0.15) is 22.3 Å². The average Bonchev–Trinajstić information content (AvgIpc) is 3.10. The number of rotatable bonds is 3. The molecule has 4 heterocycles. The number of halogens is 2. The first-order chi connectivity index (χ1) is 14.6. The van der Waals surface area contributed by atoms with Gasteiger partial charge in [-0.3, -0.25) is 0 Å². The summed E-state index contributed by atoms with van der Waals surface area (Å²) in [6.45, 7) is 5.35. The molecule has 1 aliphatic heterocycles. The third-order valence-corrected chi connectivity index (χ3v) is 6.53. The summed E-state index contributed by atoms with van der Waals surface area (Å²) in [6, 6.07) is 12.5. The van der Waals surface area contributed by atoms with E-state index in [1.54, 1.807) is 23.5 Å². The standard InChI is InChI=1S/C22H19ClFN5S/c1-14-18(15-5-7-16(24)8-6-15)19-20(26-22(23)27-21(19)30-14)29-12-10-28(11-13-29)17-4-2-3-9-25-17/h2-9H,10-13H2,1H3. The molecule has 1 aliphatic rings. The van der Waals surface area contributed by atoms with Gasteiger partial charge < -0.3 is 9.80 Å². The predicted molar refractivity (Wildman–Crippen MR) is 121 cm³/mol. The summed E-state index contributed by atoms with van der Waals surface area (Å²) < 4.78 is 13.5. The van der Waals surface area contributed by atoms with E-state index < -0.39 is 0 Å². The fourth-order valence-electron chi connectivity index (χ4n) is 3.95. The van der Waals surface area contributed by atoms with E-state index in [4.69, 9.17) is 11.6 Å². The Kier molecular flexibility index (Phi) is 5.00. The van der Waals surface area contributed by atoms with Gasteiger partial charge in [-0.2, -0.15) is 4.98 Å². The number of piperazine rings is 1. The lowest BCUT2D eigenvalue weighted by Gasteiger charge is -2.36. The van der Waals surface area contributed by atoms with E-state index in [-0.39, 0.29) is 11.1 Å². The van der Waals surface area contributed by atoms with Crippen LogP contribution in [0.5, 0.6) is 0 Å². The quantitative estimate of drug-likeness (QED) is 0.411. The van der Waals surface area contributed by atoms with Crippen LogP contribution in [-0.4, -0.2) is 41.1 Å². The van der Waals surface area contributed by atoms with Crippen LogP contribution in [0.15, 0.2) is 48.7 Å². The molecule has 1 fully saturated rings. The summed E-state index contributed by atoms with van der Waals surface area (Å²) >= 11 is 7.87. The highest BCUT2D eigenvalue weighted by molar-refractivity contribution is 7.19. The molecule has 30 heavy (non-hydrogen) atoms. The first-order valence-corrected chi connectivity index (χ1v) is 10.9. The summed E-state index contributed by atoms with van der Waals surface area (Å²) in [5.41, 5.74) is 2.01. The van der Waals surface area contributed by atoms with Crippen molar-refractivity contribution in [2.75, 3.05) is 36.0 Å². The van der Waals surface area contributed by atoms with Crippen LogP contribution < -0.4 is 9.80 Å².